The summed E-state index contributed by atoms with van der Waals surface area (Å²) < 4.78 is 0. The van der Waals surface area contributed by atoms with Gasteiger partial charge >= 0.3 is 0 Å². The Morgan fingerprint density at radius 2 is 2.00 bits per heavy atom. The van der Waals surface area contributed by atoms with Crippen LogP contribution in [0.4, 0.5) is 0 Å². The van der Waals surface area contributed by atoms with Crippen LogP contribution in [0.15, 0.2) is 36.4 Å². The number of hydrogen-bond donors (Lipinski definition) is 0. The second kappa shape index (κ2) is 5.11. The summed E-state index contributed by atoms with van der Waals surface area (Å²) in [7, 11) is 0. The van der Waals surface area contributed by atoms with Gasteiger partial charge in [-0.3, -0.25) is 4.79 Å². The molecule has 1 fully saturated rings. The highest BCUT2D eigenvalue weighted by Gasteiger charge is 2.19. The molecule has 84 valence electrons. The third kappa shape index (κ3) is 2.60. The molecule has 1 unspecified atom stereocenters. The Labute approximate surface area is 97.2 Å². The topological polar surface area (TPSA) is 17.1 Å². The van der Waals surface area contributed by atoms with Gasteiger partial charge in [0.2, 0.25) is 0 Å². The van der Waals surface area contributed by atoms with Crippen molar-refractivity contribution >= 4 is 11.4 Å². The fourth-order valence-corrected chi connectivity index (χ4v) is 2.29. The van der Waals surface area contributed by atoms with E-state index in [1.165, 1.54) is 17.6 Å². The standard InChI is InChI=1S/C15H18O/c1-12(13-7-3-2-4-8-13)11-14-9-5-6-10-15(14)16/h2-4,7-8,11,14H,5-6,9-10H2,1H3/b12-11+. The molecule has 1 nitrogen and oxygen atoms in total. The SMILES string of the molecule is C/C(=C\C1CCCCC1=O)c1ccccc1. The molecule has 1 atom stereocenters. The number of rotatable bonds is 2. The number of allylic oxidation sites excluding steroid dienone is 2. The van der Waals surface area contributed by atoms with Gasteiger partial charge < -0.3 is 0 Å². The van der Waals surface area contributed by atoms with E-state index in [0.717, 1.165) is 19.3 Å². The summed E-state index contributed by atoms with van der Waals surface area (Å²) in [5.41, 5.74) is 2.45. The molecule has 1 heteroatoms. The Morgan fingerprint density at radius 1 is 1.25 bits per heavy atom. The van der Waals surface area contributed by atoms with E-state index < -0.39 is 0 Å². The van der Waals surface area contributed by atoms with Crippen LogP contribution in [-0.4, -0.2) is 5.78 Å². The number of Topliss-reactive ketones (excluding diaryl/α,β-unsaturated/α-hetero) is 1. The molecule has 1 saturated carbocycles. The van der Waals surface area contributed by atoms with Crippen molar-refractivity contribution < 1.29 is 4.79 Å². The van der Waals surface area contributed by atoms with Gasteiger partial charge in [0.15, 0.2) is 0 Å². The van der Waals surface area contributed by atoms with Gasteiger partial charge in [0, 0.05) is 12.3 Å². The van der Waals surface area contributed by atoms with Gasteiger partial charge in [-0.2, -0.15) is 0 Å². The molecular weight excluding hydrogens is 196 g/mol. The number of benzene rings is 1. The van der Waals surface area contributed by atoms with Crippen molar-refractivity contribution in [2.45, 2.75) is 32.6 Å². The molecule has 1 aliphatic rings. The van der Waals surface area contributed by atoms with E-state index in [4.69, 9.17) is 0 Å². The third-order valence-corrected chi connectivity index (χ3v) is 3.28. The van der Waals surface area contributed by atoms with Crippen molar-refractivity contribution in [3.63, 3.8) is 0 Å². The lowest BCUT2D eigenvalue weighted by atomic mass is 9.86. The summed E-state index contributed by atoms with van der Waals surface area (Å²) in [6.07, 6.45) is 6.21. The Balaban J connectivity index is 2.14. The molecule has 0 spiro atoms. The quantitative estimate of drug-likeness (QED) is 0.730. The number of ketones is 1. The zero-order valence-corrected chi connectivity index (χ0v) is 9.78. The Hall–Kier alpha value is -1.37. The van der Waals surface area contributed by atoms with Crippen molar-refractivity contribution in [2.75, 3.05) is 0 Å². The fourth-order valence-electron chi connectivity index (χ4n) is 2.29. The number of carbonyl (C=O) groups is 1. The van der Waals surface area contributed by atoms with Crippen molar-refractivity contribution in [3.8, 4) is 0 Å². The average Bonchev–Trinajstić information content (AvgIpc) is 2.33. The van der Waals surface area contributed by atoms with Crippen LogP contribution >= 0.6 is 0 Å². The van der Waals surface area contributed by atoms with Gasteiger partial charge in [-0.25, -0.2) is 0 Å². The highest BCUT2D eigenvalue weighted by atomic mass is 16.1. The Kier molecular flexibility index (Phi) is 3.55. The highest BCUT2D eigenvalue weighted by molar-refractivity contribution is 5.85. The summed E-state index contributed by atoms with van der Waals surface area (Å²) in [5, 5.41) is 0. The molecule has 0 aromatic heterocycles. The molecule has 0 radical (unpaired) electrons. The van der Waals surface area contributed by atoms with Crippen molar-refractivity contribution in [2.24, 2.45) is 5.92 Å². The predicted octanol–water partition coefficient (Wildman–Crippen LogP) is 3.85. The van der Waals surface area contributed by atoms with Gasteiger partial charge in [-0.1, -0.05) is 42.8 Å². The van der Waals surface area contributed by atoms with Crippen LogP contribution in [0, 0.1) is 5.92 Å². The van der Waals surface area contributed by atoms with Crippen LogP contribution < -0.4 is 0 Å². The minimum atomic E-state index is 0.161. The molecule has 0 N–H and O–H groups in total. The molecule has 16 heavy (non-hydrogen) atoms. The molecular formula is C15H18O. The predicted molar refractivity (Wildman–Crippen MR) is 67.1 cm³/mol. The van der Waals surface area contributed by atoms with E-state index in [1.807, 2.05) is 18.2 Å². The normalized spacial score (nSPS) is 22.2. The summed E-state index contributed by atoms with van der Waals surface area (Å²) >= 11 is 0. The maximum Gasteiger partial charge on any atom is 0.139 e. The number of hydrogen-bond acceptors (Lipinski definition) is 1. The molecule has 1 aromatic carbocycles. The zero-order valence-electron chi connectivity index (χ0n) is 9.78. The van der Waals surface area contributed by atoms with Crippen molar-refractivity contribution in [1.82, 2.24) is 0 Å². The minimum Gasteiger partial charge on any atom is -0.299 e. The molecule has 0 heterocycles. The first kappa shape index (κ1) is 11.1. The summed E-state index contributed by atoms with van der Waals surface area (Å²) in [6.45, 7) is 2.09. The monoisotopic (exact) mass is 214 g/mol. The van der Waals surface area contributed by atoms with Gasteiger partial charge in [0.05, 0.1) is 0 Å². The second-order valence-electron chi connectivity index (χ2n) is 4.53. The van der Waals surface area contributed by atoms with E-state index in [2.05, 4.69) is 25.1 Å². The Bertz CT molecular complexity index is 389. The lowest BCUT2D eigenvalue weighted by molar-refractivity contribution is -0.122. The van der Waals surface area contributed by atoms with E-state index in [0.29, 0.717) is 5.78 Å². The number of carbonyl (C=O) groups excluding carboxylic acids is 1. The summed E-state index contributed by atoms with van der Waals surface area (Å²) in [6, 6.07) is 10.3. The maximum absolute atomic E-state index is 11.7. The molecule has 0 amide bonds. The van der Waals surface area contributed by atoms with E-state index >= 15 is 0 Å². The molecule has 0 saturated heterocycles. The molecule has 2 rings (SSSR count). The van der Waals surface area contributed by atoms with Gasteiger partial charge in [-0.05, 0) is 30.9 Å². The summed E-state index contributed by atoms with van der Waals surface area (Å²) in [5.74, 6) is 0.579. The van der Waals surface area contributed by atoms with Crippen LogP contribution in [0.25, 0.3) is 5.57 Å². The van der Waals surface area contributed by atoms with Gasteiger partial charge in [-0.15, -0.1) is 0 Å². The van der Waals surface area contributed by atoms with Crippen LogP contribution in [0.5, 0.6) is 0 Å². The summed E-state index contributed by atoms with van der Waals surface area (Å²) in [4.78, 5) is 11.7. The minimum absolute atomic E-state index is 0.161. The molecule has 0 aliphatic heterocycles. The smallest absolute Gasteiger partial charge is 0.139 e. The third-order valence-electron chi connectivity index (χ3n) is 3.28. The van der Waals surface area contributed by atoms with Crippen LogP contribution in [0.1, 0.15) is 38.2 Å². The highest BCUT2D eigenvalue weighted by Crippen LogP contribution is 2.25. The van der Waals surface area contributed by atoms with Crippen molar-refractivity contribution in [1.29, 1.82) is 0 Å². The maximum atomic E-state index is 11.7. The second-order valence-corrected chi connectivity index (χ2v) is 4.53. The Morgan fingerprint density at radius 3 is 2.69 bits per heavy atom. The first-order chi connectivity index (χ1) is 7.77. The fraction of sp³-hybridized carbons (Fsp3) is 0.400. The lowest BCUT2D eigenvalue weighted by Crippen LogP contribution is -2.16. The van der Waals surface area contributed by atoms with Crippen LogP contribution in [0.3, 0.4) is 0 Å². The van der Waals surface area contributed by atoms with Gasteiger partial charge in [0.25, 0.3) is 0 Å². The lowest BCUT2D eigenvalue weighted by Gasteiger charge is -2.18. The first-order valence-electron chi connectivity index (χ1n) is 6.04. The van der Waals surface area contributed by atoms with Crippen molar-refractivity contribution in [3.05, 3.63) is 42.0 Å². The molecule has 0 bridgehead atoms. The van der Waals surface area contributed by atoms with E-state index in [-0.39, 0.29) is 5.92 Å². The first-order valence-corrected chi connectivity index (χ1v) is 6.04. The average molecular weight is 214 g/mol. The van der Waals surface area contributed by atoms with E-state index in [9.17, 15) is 4.79 Å². The molecule has 1 aliphatic carbocycles. The van der Waals surface area contributed by atoms with E-state index in [1.54, 1.807) is 0 Å². The zero-order chi connectivity index (χ0) is 11.4. The molecule has 1 aromatic rings. The van der Waals surface area contributed by atoms with Gasteiger partial charge in [0.1, 0.15) is 5.78 Å². The van der Waals surface area contributed by atoms with Crippen LogP contribution in [-0.2, 0) is 4.79 Å². The van der Waals surface area contributed by atoms with Crippen LogP contribution in [0.2, 0.25) is 0 Å². The largest absolute Gasteiger partial charge is 0.299 e.